The zero-order valence-electron chi connectivity index (χ0n) is 11.9. The first-order chi connectivity index (χ1) is 9.47. The van der Waals surface area contributed by atoms with Crippen LogP contribution in [0.2, 0.25) is 0 Å². The van der Waals surface area contributed by atoms with Gasteiger partial charge < -0.3 is 10.0 Å². The molecule has 1 aromatic rings. The van der Waals surface area contributed by atoms with Gasteiger partial charge >= 0.3 is 5.97 Å². The Labute approximate surface area is 118 Å². The molecule has 0 saturated carbocycles. The van der Waals surface area contributed by atoms with Crippen molar-refractivity contribution < 1.29 is 14.7 Å². The van der Waals surface area contributed by atoms with E-state index in [2.05, 4.69) is 4.90 Å². The maximum atomic E-state index is 12.0. The third-order valence-electron chi connectivity index (χ3n) is 3.54. The van der Waals surface area contributed by atoms with E-state index in [1.807, 2.05) is 24.8 Å². The largest absolute Gasteiger partial charge is 0.478 e. The predicted molar refractivity (Wildman–Crippen MR) is 75.5 cm³/mol. The maximum Gasteiger partial charge on any atom is 0.335 e. The molecule has 0 unspecified atom stereocenters. The van der Waals surface area contributed by atoms with Gasteiger partial charge in [-0.15, -0.1) is 0 Å². The molecule has 1 aliphatic rings. The summed E-state index contributed by atoms with van der Waals surface area (Å²) in [5.41, 5.74) is 1.21. The van der Waals surface area contributed by atoms with Crippen LogP contribution in [0.25, 0.3) is 0 Å². The summed E-state index contributed by atoms with van der Waals surface area (Å²) < 4.78 is 0. The van der Waals surface area contributed by atoms with Crippen LogP contribution in [0, 0.1) is 0 Å². The van der Waals surface area contributed by atoms with E-state index in [-0.39, 0.29) is 17.5 Å². The van der Waals surface area contributed by atoms with Gasteiger partial charge in [-0.05, 0) is 31.5 Å². The van der Waals surface area contributed by atoms with Crippen LogP contribution < -0.4 is 0 Å². The average Bonchev–Trinajstić information content (AvgIpc) is 2.38. The molecule has 1 aliphatic heterocycles. The van der Waals surface area contributed by atoms with Gasteiger partial charge in [0.1, 0.15) is 0 Å². The molecule has 0 bridgehead atoms. The minimum Gasteiger partial charge on any atom is -0.478 e. The number of carboxylic acid groups (broad SMARTS) is 1. The summed E-state index contributed by atoms with van der Waals surface area (Å²) >= 11 is 0. The minimum atomic E-state index is -0.924. The van der Waals surface area contributed by atoms with Gasteiger partial charge in [-0.2, -0.15) is 0 Å². The molecule has 0 atom stereocenters. The molecular formula is C15H20N2O3. The molecular weight excluding hydrogens is 256 g/mol. The highest BCUT2D eigenvalue weighted by atomic mass is 16.4. The van der Waals surface area contributed by atoms with Gasteiger partial charge in [0.15, 0.2) is 0 Å². The highest BCUT2D eigenvalue weighted by Crippen LogP contribution is 2.13. The third-order valence-corrected chi connectivity index (χ3v) is 3.54. The maximum absolute atomic E-state index is 12.0. The zero-order valence-corrected chi connectivity index (χ0v) is 11.9. The number of hydrogen-bond donors (Lipinski definition) is 1. The van der Waals surface area contributed by atoms with Crippen molar-refractivity contribution >= 4 is 11.9 Å². The zero-order chi connectivity index (χ0) is 14.7. The predicted octanol–water partition coefficient (Wildman–Crippen LogP) is 1.44. The van der Waals surface area contributed by atoms with Gasteiger partial charge in [-0.25, -0.2) is 4.79 Å². The highest BCUT2D eigenvalue weighted by Gasteiger charge is 2.25. The number of amides is 1. The van der Waals surface area contributed by atoms with Gasteiger partial charge in [-0.1, -0.05) is 12.1 Å². The second-order valence-electron chi connectivity index (χ2n) is 5.40. The Morgan fingerprint density at radius 3 is 2.70 bits per heavy atom. The van der Waals surface area contributed by atoms with Crippen molar-refractivity contribution in [2.24, 2.45) is 0 Å². The second-order valence-corrected chi connectivity index (χ2v) is 5.40. The Balaban J connectivity index is 2.00. The lowest BCUT2D eigenvalue weighted by molar-refractivity contribution is -0.138. The first kappa shape index (κ1) is 14.5. The molecule has 1 fully saturated rings. The van der Waals surface area contributed by atoms with Crippen molar-refractivity contribution in [1.29, 1.82) is 0 Å². The van der Waals surface area contributed by atoms with Crippen LogP contribution in [0.15, 0.2) is 24.3 Å². The Hall–Kier alpha value is -1.88. The SMILES string of the molecule is CC(C)N1CCN(Cc2cccc(C(=O)O)c2)CC1=O. The molecule has 1 saturated heterocycles. The number of piperazine rings is 1. The van der Waals surface area contributed by atoms with Gasteiger partial charge in [0.25, 0.3) is 0 Å². The van der Waals surface area contributed by atoms with Crippen LogP contribution in [0.5, 0.6) is 0 Å². The molecule has 0 radical (unpaired) electrons. The van der Waals surface area contributed by atoms with Crippen LogP contribution in [-0.2, 0) is 11.3 Å². The minimum absolute atomic E-state index is 0.139. The van der Waals surface area contributed by atoms with E-state index in [0.29, 0.717) is 13.1 Å². The molecule has 1 heterocycles. The number of carbonyl (C=O) groups excluding carboxylic acids is 1. The molecule has 1 aromatic carbocycles. The van der Waals surface area contributed by atoms with E-state index < -0.39 is 5.97 Å². The summed E-state index contributed by atoms with van der Waals surface area (Å²) in [7, 11) is 0. The van der Waals surface area contributed by atoms with E-state index in [4.69, 9.17) is 5.11 Å². The van der Waals surface area contributed by atoms with E-state index in [1.54, 1.807) is 18.2 Å². The number of benzene rings is 1. The van der Waals surface area contributed by atoms with E-state index >= 15 is 0 Å². The first-order valence-electron chi connectivity index (χ1n) is 6.81. The molecule has 0 spiro atoms. The third kappa shape index (κ3) is 3.36. The fourth-order valence-electron chi connectivity index (χ4n) is 2.48. The van der Waals surface area contributed by atoms with Crippen molar-refractivity contribution in [2.45, 2.75) is 26.4 Å². The van der Waals surface area contributed by atoms with Gasteiger partial charge in [0.05, 0.1) is 12.1 Å². The van der Waals surface area contributed by atoms with E-state index in [0.717, 1.165) is 18.7 Å². The van der Waals surface area contributed by atoms with Crippen molar-refractivity contribution in [3.63, 3.8) is 0 Å². The molecule has 0 aliphatic carbocycles. The topological polar surface area (TPSA) is 60.9 Å². The summed E-state index contributed by atoms with van der Waals surface area (Å²) in [6, 6.07) is 7.12. The molecule has 20 heavy (non-hydrogen) atoms. The Morgan fingerprint density at radius 1 is 1.35 bits per heavy atom. The van der Waals surface area contributed by atoms with Gasteiger partial charge in [0.2, 0.25) is 5.91 Å². The Morgan fingerprint density at radius 2 is 2.10 bits per heavy atom. The summed E-state index contributed by atoms with van der Waals surface area (Å²) in [6.45, 7) is 6.60. The number of aromatic carboxylic acids is 1. The first-order valence-corrected chi connectivity index (χ1v) is 6.81. The molecule has 0 aromatic heterocycles. The van der Waals surface area contributed by atoms with E-state index in [1.165, 1.54) is 0 Å². The summed E-state index contributed by atoms with van der Waals surface area (Å²) in [4.78, 5) is 26.9. The van der Waals surface area contributed by atoms with Crippen molar-refractivity contribution in [3.05, 3.63) is 35.4 Å². The van der Waals surface area contributed by atoms with Crippen molar-refractivity contribution in [3.8, 4) is 0 Å². The van der Waals surface area contributed by atoms with Crippen molar-refractivity contribution in [1.82, 2.24) is 9.80 Å². The van der Waals surface area contributed by atoms with Crippen LogP contribution in [0.4, 0.5) is 0 Å². The number of carboxylic acids is 1. The second kappa shape index (κ2) is 6.05. The van der Waals surface area contributed by atoms with Gasteiger partial charge in [-0.3, -0.25) is 9.69 Å². The summed E-state index contributed by atoms with van der Waals surface area (Å²) in [6.07, 6.45) is 0. The van der Waals surface area contributed by atoms with Crippen molar-refractivity contribution in [2.75, 3.05) is 19.6 Å². The van der Waals surface area contributed by atoms with Crippen LogP contribution in [0.3, 0.4) is 0 Å². The number of rotatable bonds is 4. The fourth-order valence-corrected chi connectivity index (χ4v) is 2.48. The number of hydrogen-bond acceptors (Lipinski definition) is 3. The number of nitrogens with zero attached hydrogens (tertiary/aromatic N) is 2. The molecule has 5 heteroatoms. The molecule has 5 nitrogen and oxygen atoms in total. The summed E-state index contributed by atoms with van der Waals surface area (Å²) in [5, 5.41) is 8.98. The summed E-state index contributed by atoms with van der Waals surface area (Å²) in [5.74, 6) is -0.784. The molecule has 108 valence electrons. The fraction of sp³-hybridized carbons (Fsp3) is 0.467. The molecule has 2 rings (SSSR count). The van der Waals surface area contributed by atoms with Crippen LogP contribution >= 0.6 is 0 Å². The lowest BCUT2D eigenvalue weighted by atomic mass is 10.1. The average molecular weight is 276 g/mol. The number of carbonyl (C=O) groups is 2. The lowest BCUT2D eigenvalue weighted by Gasteiger charge is -2.36. The Bertz CT molecular complexity index is 514. The Kier molecular flexibility index (Phi) is 4.39. The highest BCUT2D eigenvalue weighted by molar-refractivity contribution is 5.87. The van der Waals surface area contributed by atoms with Gasteiger partial charge in [0, 0.05) is 25.7 Å². The normalized spacial score (nSPS) is 16.8. The monoisotopic (exact) mass is 276 g/mol. The molecule has 1 N–H and O–H groups in total. The lowest BCUT2D eigenvalue weighted by Crippen LogP contribution is -2.52. The van der Waals surface area contributed by atoms with E-state index in [9.17, 15) is 9.59 Å². The standard InChI is InChI=1S/C15H20N2O3/c1-11(2)17-7-6-16(10-14(17)18)9-12-4-3-5-13(8-12)15(19)20/h3-5,8,11H,6-7,9-10H2,1-2H3,(H,19,20). The quantitative estimate of drug-likeness (QED) is 0.904. The smallest absolute Gasteiger partial charge is 0.335 e. The molecule has 1 amide bonds. The van der Waals surface area contributed by atoms with Crippen LogP contribution in [-0.4, -0.2) is 52.5 Å². The van der Waals surface area contributed by atoms with Crippen LogP contribution in [0.1, 0.15) is 29.8 Å².